The van der Waals surface area contributed by atoms with Gasteiger partial charge in [-0.25, -0.2) is 4.68 Å². The Morgan fingerprint density at radius 3 is 2.80 bits per heavy atom. The van der Waals surface area contributed by atoms with Gasteiger partial charge in [0.15, 0.2) is 6.10 Å². The van der Waals surface area contributed by atoms with Crippen LogP contribution < -0.4 is 10.1 Å². The first kappa shape index (κ1) is 18.7. The Kier molecular flexibility index (Phi) is 6.35. The molecular weight excluding hydrogens is 348 g/mol. The molecule has 134 valence electrons. The van der Waals surface area contributed by atoms with Crippen LogP contribution in [0.1, 0.15) is 19.5 Å². The highest BCUT2D eigenvalue weighted by Crippen LogP contribution is 2.20. The number of carbonyl (C=O) groups excluding carboxylic acids is 1. The average Bonchev–Trinajstić information content (AvgIpc) is 2.96. The first-order chi connectivity index (χ1) is 11.8. The van der Waals surface area contributed by atoms with Crippen LogP contribution in [0, 0.1) is 5.92 Å². The van der Waals surface area contributed by atoms with Crippen molar-refractivity contribution >= 4 is 23.5 Å². The number of carboxylic acids is 1. The lowest BCUT2D eigenvalue weighted by Gasteiger charge is -2.21. The normalized spacial score (nSPS) is 12.0. The monoisotopic (exact) mass is 366 g/mol. The van der Waals surface area contributed by atoms with Crippen molar-refractivity contribution in [1.29, 1.82) is 0 Å². The Labute approximate surface area is 149 Å². The molecule has 2 N–H and O–H groups in total. The molecule has 1 aromatic carbocycles. The quantitative estimate of drug-likeness (QED) is 0.737. The van der Waals surface area contributed by atoms with Crippen molar-refractivity contribution in [2.75, 3.05) is 0 Å². The maximum atomic E-state index is 12.4. The summed E-state index contributed by atoms with van der Waals surface area (Å²) in [6, 6.07) is 6.83. The number of aliphatic carboxylic acids is 1. The first-order valence-corrected chi connectivity index (χ1v) is 8.03. The molecule has 0 radical (unpaired) electrons. The number of carbonyl (C=O) groups is 2. The van der Waals surface area contributed by atoms with Gasteiger partial charge in [-0.05, 0) is 24.1 Å². The highest BCUT2D eigenvalue weighted by Gasteiger charge is 2.24. The van der Waals surface area contributed by atoms with Crippen molar-refractivity contribution in [2.45, 2.75) is 33.0 Å². The van der Waals surface area contributed by atoms with Gasteiger partial charge in [0, 0.05) is 5.02 Å². The molecule has 0 bridgehead atoms. The number of ether oxygens (including phenoxy) is 1. The van der Waals surface area contributed by atoms with Gasteiger partial charge in [-0.1, -0.05) is 36.7 Å². The van der Waals surface area contributed by atoms with E-state index in [1.54, 1.807) is 24.3 Å². The smallest absolute Gasteiger partial charge is 0.325 e. The second-order valence-electron chi connectivity index (χ2n) is 5.76. The van der Waals surface area contributed by atoms with Crippen molar-refractivity contribution in [3.8, 4) is 5.75 Å². The van der Waals surface area contributed by atoms with Gasteiger partial charge < -0.3 is 15.2 Å². The number of hydrogen-bond donors (Lipinski definition) is 2. The van der Waals surface area contributed by atoms with Crippen LogP contribution in [0.3, 0.4) is 0 Å². The van der Waals surface area contributed by atoms with Crippen molar-refractivity contribution in [1.82, 2.24) is 20.3 Å². The van der Waals surface area contributed by atoms with Gasteiger partial charge >= 0.3 is 5.97 Å². The molecule has 0 saturated carbocycles. The third-order valence-corrected chi connectivity index (χ3v) is 3.49. The summed E-state index contributed by atoms with van der Waals surface area (Å²) in [6.07, 6.45) is 0.767. The van der Waals surface area contributed by atoms with Gasteiger partial charge in [-0.3, -0.25) is 9.59 Å². The van der Waals surface area contributed by atoms with Crippen LogP contribution in [-0.2, 0) is 22.7 Å². The van der Waals surface area contributed by atoms with Gasteiger partial charge in [0.05, 0.1) is 12.7 Å². The molecule has 1 atom stereocenters. The summed E-state index contributed by atoms with van der Waals surface area (Å²) in [7, 11) is 0. The molecule has 0 saturated heterocycles. The largest absolute Gasteiger partial charge is 0.480 e. The molecule has 9 heteroatoms. The standard InChI is InChI=1S/C16H19ClN4O4/c1-10(2)15(25-13-5-3-4-11(17)6-13)16(24)18-7-12-8-21(20-19-12)9-14(22)23/h3-6,8,10,15H,7,9H2,1-2H3,(H,18,24)(H,22,23). The Hall–Kier alpha value is -2.61. The van der Waals surface area contributed by atoms with E-state index in [4.69, 9.17) is 21.4 Å². The van der Waals surface area contributed by atoms with E-state index in [1.807, 2.05) is 13.8 Å². The molecule has 1 heterocycles. The maximum Gasteiger partial charge on any atom is 0.325 e. The molecular formula is C16H19ClN4O4. The Morgan fingerprint density at radius 2 is 2.16 bits per heavy atom. The zero-order valence-corrected chi connectivity index (χ0v) is 14.6. The van der Waals surface area contributed by atoms with E-state index in [0.717, 1.165) is 0 Å². The van der Waals surface area contributed by atoms with Gasteiger partial charge in [0.2, 0.25) is 0 Å². The van der Waals surface area contributed by atoms with Gasteiger partial charge in [-0.15, -0.1) is 5.10 Å². The summed E-state index contributed by atoms with van der Waals surface area (Å²) in [5.74, 6) is -0.881. The molecule has 0 aliphatic heterocycles. The summed E-state index contributed by atoms with van der Waals surface area (Å²) in [4.78, 5) is 23.0. The van der Waals surface area contributed by atoms with Crippen molar-refractivity contribution in [3.63, 3.8) is 0 Å². The van der Waals surface area contributed by atoms with Crippen molar-refractivity contribution in [2.24, 2.45) is 5.92 Å². The Morgan fingerprint density at radius 1 is 1.40 bits per heavy atom. The predicted molar refractivity (Wildman–Crippen MR) is 90.2 cm³/mol. The van der Waals surface area contributed by atoms with Crippen LogP contribution in [0.2, 0.25) is 5.02 Å². The molecule has 1 unspecified atom stereocenters. The molecule has 0 spiro atoms. The number of aromatic nitrogens is 3. The summed E-state index contributed by atoms with van der Waals surface area (Å²) in [5.41, 5.74) is 0.458. The van der Waals surface area contributed by atoms with Gasteiger partial charge in [0.25, 0.3) is 5.91 Å². The highest BCUT2D eigenvalue weighted by atomic mass is 35.5. The summed E-state index contributed by atoms with van der Waals surface area (Å²) >= 11 is 5.93. The summed E-state index contributed by atoms with van der Waals surface area (Å²) < 4.78 is 6.94. The number of nitrogens with zero attached hydrogens (tertiary/aromatic N) is 3. The maximum absolute atomic E-state index is 12.4. The molecule has 0 aliphatic rings. The third-order valence-electron chi connectivity index (χ3n) is 3.25. The summed E-state index contributed by atoms with van der Waals surface area (Å²) in [5, 5.41) is 19.4. The van der Waals surface area contributed by atoms with Crippen LogP contribution >= 0.6 is 11.6 Å². The number of rotatable bonds is 8. The Bertz CT molecular complexity index is 747. The molecule has 1 amide bonds. The zero-order chi connectivity index (χ0) is 18.4. The minimum atomic E-state index is -1.02. The van der Waals surface area contributed by atoms with E-state index in [0.29, 0.717) is 16.5 Å². The van der Waals surface area contributed by atoms with Gasteiger partial charge in [0.1, 0.15) is 18.0 Å². The van der Waals surface area contributed by atoms with Crippen molar-refractivity contribution < 1.29 is 19.4 Å². The van der Waals surface area contributed by atoms with Crippen LogP contribution in [0.5, 0.6) is 5.75 Å². The summed E-state index contributed by atoms with van der Waals surface area (Å²) in [6.45, 7) is 3.59. The SMILES string of the molecule is CC(C)C(Oc1cccc(Cl)c1)C(=O)NCc1cn(CC(=O)O)nn1. The molecule has 1 aromatic heterocycles. The number of carboxylic acid groups (broad SMARTS) is 1. The minimum Gasteiger partial charge on any atom is -0.480 e. The van der Waals surface area contributed by atoms with E-state index >= 15 is 0 Å². The van der Waals surface area contributed by atoms with Gasteiger partial charge in [-0.2, -0.15) is 0 Å². The van der Waals surface area contributed by atoms with E-state index in [9.17, 15) is 9.59 Å². The van der Waals surface area contributed by atoms with Crippen LogP contribution in [0.4, 0.5) is 0 Å². The molecule has 2 aromatic rings. The highest BCUT2D eigenvalue weighted by molar-refractivity contribution is 6.30. The topological polar surface area (TPSA) is 106 Å². The molecule has 0 aliphatic carbocycles. The second kappa shape index (κ2) is 8.48. The second-order valence-corrected chi connectivity index (χ2v) is 6.20. The fraction of sp³-hybridized carbons (Fsp3) is 0.375. The van der Waals surface area contributed by atoms with E-state index in [1.165, 1.54) is 10.9 Å². The predicted octanol–water partition coefficient (Wildman–Crippen LogP) is 1.74. The minimum absolute atomic E-state index is 0.0679. The molecule has 0 fully saturated rings. The third kappa shape index (κ3) is 5.75. The Balaban J connectivity index is 1.96. The zero-order valence-electron chi connectivity index (χ0n) is 13.8. The van der Waals surface area contributed by atoms with E-state index in [-0.39, 0.29) is 24.9 Å². The fourth-order valence-electron chi connectivity index (χ4n) is 2.09. The molecule has 2 rings (SSSR count). The first-order valence-electron chi connectivity index (χ1n) is 7.66. The lowest BCUT2D eigenvalue weighted by atomic mass is 10.1. The lowest BCUT2D eigenvalue weighted by Crippen LogP contribution is -2.41. The average molecular weight is 367 g/mol. The number of nitrogens with one attached hydrogen (secondary N) is 1. The number of amides is 1. The number of benzene rings is 1. The van der Waals surface area contributed by atoms with Crippen LogP contribution in [0.25, 0.3) is 0 Å². The van der Waals surface area contributed by atoms with Crippen LogP contribution in [0.15, 0.2) is 30.5 Å². The fourth-order valence-corrected chi connectivity index (χ4v) is 2.27. The van der Waals surface area contributed by atoms with Crippen LogP contribution in [-0.4, -0.2) is 38.1 Å². The van der Waals surface area contributed by atoms with Crippen molar-refractivity contribution in [3.05, 3.63) is 41.2 Å². The lowest BCUT2D eigenvalue weighted by molar-refractivity contribution is -0.138. The molecule has 25 heavy (non-hydrogen) atoms. The molecule has 8 nitrogen and oxygen atoms in total. The van der Waals surface area contributed by atoms with E-state index in [2.05, 4.69) is 15.6 Å². The number of hydrogen-bond acceptors (Lipinski definition) is 5. The van der Waals surface area contributed by atoms with E-state index < -0.39 is 12.1 Å². The number of halogens is 1.